The van der Waals surface area contributed by atoms with Gasteiger partial charge in [-0.1, -0.05) is 23.5 Å². The van der Waals surface area contributed by atoms with E-state index in [0.29, 0.717) is 11.7 Å². The van der Waals surface area contributed by atoms with Gasteiger partial charge in [0.1, 0.15) is 16.5 Å². The van der Waals surface area contributed by atoms with Crippen LogP contribution in [0.2, 0.25) is 0 Å². The van der Waals surface area contributed by atoms with Gasteiger partial charge in [-0.25, -0.2) is 4.98 Å². The summed E-state index contributed by atoms with van der Waals surface area (Å²) >= 11 is 2.89. The second kappa shape index (κ2) is 5.56. The number of anilines is 1. The normalized spacial score (nSPS) is 10.7. The van der Waals surface area contributed by atoms with Crippen LogP contribution in [0.15, 0.2) is 29.6 Å². The molecule has 0 spiro atoms. The third-order valence-corrected chi connectivity index (χ3v) is 4.23. The number of rotatable bonds is 4. The Morgan fingerprint density at radius 3 is 2.80 bits per heavy atom. The van der Waals surface area contributed by atoms with Crippen molar-refractivity contribution in [2.24, 2.45) is 0 Å². The molecule has 0 radical (unpaired) electrons. The quantitative estimate of drug-likeness (QED) is 0.800. The Balaban J connectivity index is 1.98. The number of nitrogens with two attached hydrogens (primary N) is 1. The zero-order valence-corrected chi connectivity index (χ0v) is 12.4. The number of hydrogen-bond acceptors (Lipinski definition) is 7. The first kappa shape index (κ1) is 13.0. The molecule has 5 nitrogen and oxygen atoms in total. The Kier molecular flexibility index (Phi) is 3.62. The molecular formula is C13H12N4OS2. The summed E-state index contributed by atoms with van der Waals surface area (Å²) in [7, 11) is 0. The molecule has 0 aliphatic heterocycles. The maximum Gasteiger partial charge on any atom is 0.203 e. The molecule has 20 heavy (non-hydrogen) atoms. The van der Waals surface area contributed by atoms with Gasteiger partial charge in [-0.15, -0.1) is 21.5 Å². The summed E-state index contributed by atoms with van der Waals surface area (Å²) < 4.78 is 5.63. The highest BCUT2D eigenvalue weighted by atomic mass is 32.1. The Morgan fingerprint density at radius 2 is 2.05 bits per heavy atom. The molecule has 0 bridgehead atoms. The Morgan fingerprint density at radius 1 is 1.20 bits per heavy atom. The van der Waals surface area contributed by atoms with Gasteiger partial charge < -0.3 is 10.5 Å². The van der Waals surface area contributed by atoms with Crippen molar-refractivity contribution in [1.82, 2.24) is 15.2 Å². The summed E-state index contributed by atoms with van der Waals surface area (Å²) in [4.78, 5) is 4.60. The number of thiazole rings is 1. The third kappa shape index (κ3) is 2.50. The minimum Gasteiger partial charge on any atom is -0.493 e. The molecule has 3 rings (SSSR count). The molecule has 0 aliphatic rings. The summed E-state index contributed by atoms with van der Waals surface area (Å²) in [6.07, 6.45) is 0. The molecule has 0 saturated heterocycles. The van der Waals surface area contributed by atoms with Gasteiger partial charge in [0.2, 0.25) is 5.13 Å². The zero-order chi connectivity index (χ0) is 13.9. The predicted molar refractivity (Wildman–Crippen MR) is 82.0 cm³/mol. The molecule has 0 saturated carbocycles. The van der Waals surface area contributed by atoms with Gasteiger partial charge in [0.05, 0.1) is 12.2 Å². The molecule has 3 aromatic rings. The molecule has 0 amide bonds. The van der Waals surface area contributed by atoms with Gasteiger partial charge in [0.15, 0.2) is 5.01 Å². The van der Waals surface area contributed by atoms with Crippen LogP contribution in [0.3, 0.4) is 0 Å². The second-order valence-electron chi connectivity index (χ2n) is 3.91. The maximum absolute atomic E-state index is 5.63. The van der Waals surface area contributed by atoms with Crippen LogP contribution < -0.4 is 10.5 Å². The molecule has 0 aliphatic carbocycles. The van der Waals surface area contributed by atoms with Crippen LogP contribution in [0.4, 0.5) is 5.13 Å². The molecule has 0 unspecified atom stereocenters. The van der Waals surface area contributed by atoms with Crippen molar-refractivity contribution in [3.8, 4) is 27.0 Å². The van der Waals surface area contributed by atoms with Gasteiger partial charge in [-0.05, 0) is 19.1 Å². The largest absolute Gasteiger partial charge is 0.493 e. The fraction of sp³-hybridized carbons (Fsp3) is 0.154. The number of nitrogen functional groups attached to an aromatic ring is 1. The first-order chi connectivity index (χ1) is 9.78. The van der Waals surface area contributed by atoms with Gasteiger partial charge in [0, 0.05) is 5.38 Å². The molecule has 0 fully saturated rings. The zero-order valence-electron chi connectivity index (χ0n) is 10.7. The summed E-state index contributed by atoms with van der Waals surface area (Å²) in [6.45, 7) is 2.59. The second-order valence-corrected chi connectivity index (χ2v) is 5.78. The van der Waals surface area contributed by atoms with E-state index in [1.165, 1.54) is 11.3 Å². The lowest BCUT2D eigenvalue weighted by Crippen LogP contribution is -1.93. The topological polar surface area (TPSA) is 73.9 Å². The first-order valence-electron chi connectivity index (χ1n) is 6.05. The Labute approximate surface area is 124 Å². The van der Waals surface area contributed by atoms with Crippen molar-refractivity contribution in [3.05, 3.63) is 29.6 Å². The standard InChI is InChI=1S/C13H12N4OS2/c1-2-18-10-6-4-3-5-8(10)11-15-9(7-19-11)12-16-17-13(14)20-12/h3-7H,2H2,1H3,(H2,14,17). The van der Waals surface area contributed by atoms with Crippen molar-refractivity contribution in [3.63, 3.8) is 0 Å². The van der Waals surface area contributed by atoms with Crippen molar-refractivity contribution in [2.75, 3.05) is 12.3 Å². The number of benzene rings is 1. The number of hydrogen-bond donors (Lipinski definition) is 1. The Hall–Kier alpha value is -1.99. The summed E-state index contributed by atoms with van der Waals surface area (Å²) in [5, 5.41) is 11.9. The van der Waals surface area contributed by atoms with Crippen LogP contribution in [0.1, 0.15) is 6.92 Å². The number of ether oxygens (including phenoxy) is 1. The van der Waals surface area contributed by atoms with Crippen LogP contribution in [0, 0.1) is 0 Å². The van der Waals surface area contributed by atoms with Crippen LogP contribution >= 0.6 is 22.7 Å². The van der Waals surface area contributed by atoms with Gasteiger partial charge in [0.25, 0.3) is 0 Å². The van der Waals surface area contributed by atoms with Gasteiger partial charge in [-0.2, -0.15) is 0 Å². The van der Waals surface area contributed by atoms with E-state index in [-0.39, 0.29) is 0 Å². The Bertz CT molecular complexity index is 722. The molecular weight excluding hydrogens is 292 g/mol. The third-order valence-electron chi connectivity index (χ3n) is 2.58. The van der Waals surface area contributed by atoms with Crippen LogP contribution in [0.5, 0.6) is 5.75 Å². The van der Waals surface area contributed by atoms with E-state index >= 15 is 0 Å². The molecule has 7 heteroatoms. The number of aromatic nitrogens is 3. The van der Waals surface area contributed by atoms with Crippen molar-refractivity contribution >= 4 is 27.8 Å². The average molecular weight is 304 g/mol. The van der Waals surface area contributed by atoms with Crippen molar-refractivity contribution in [2.45, 2.75) is 6.92 Å². The predicted octanol–water partition coefficient (Wildman–Crippen LogP) is 3.31. The van der Waals surface area contributed by atoms with E-state index in [2.05, 4.69) is 15.2 Å². The lowest BCUT2D eigenvalue weighted by atomic mass is 10.2. The fourth-order valence-electron chi connectivity index (χ4n) is 1.76. The SMILES string of the molecule is CCOc1ccccc1-c1nc(-c2nnc(N)s2)cs1. The average Bonchev–Trinajstić information content (AvgIpc) is 3.08. The highest BCUT2D eigenvalue weighted by Gasteiger charge is 2.13. The number of nitrogens with zero attached hydrogens (tertiary/aromatic N) is 3. The van der Waals surface area contributed by atoms with E-state index in [1.54, 1.807) is 11.3 Å². The van der Waals surface area contributed by atoms with E-state index in [4.69, 9.17) is 10.5 Å². The van der Waals surface area contributed by atoms with E-state index in [9.17, 15) is 0 Å². The molecule has 1 aromatic carbocycles. The van der Waals surface area contributed by atoms with E-state index in [1.807, 2.05) is 36.6 Å². The van der Waals surface area contributed by atoms with Gasteiger partial charge in [-0.3, -0.25) is 0 Å². The molecule has 2 aromatic heterocycles. The van der Waals surface area contributed by atoms with Crippen molar-refractivity contribution < 1.29 is 4.74 Å². The fourth-order valence-corrected chi connectivity index (χ4v) is 3.24. The summed E-state index contributed by atoms with van der Waals surface area (Å²) in [5.74, 6) is 0.840. The lowest BCUT2D eigenvalue weighted by molar-refractivity contribution is 0.341. The molecule has 0 atom stereocenters. The smallest absolute Gasteiger partial charge is 0.203 e. The lowest BCUT2D eigenvalue weighted by Gasteiger charge is -2.07. The number of para-hydroxylation sites is 1. The van der Waals surface area contributed by atoms with E-state index < -0.39 is 0 Å². The van der Waals surface area contributed by atoms with Crippen LogP contribution in [-0.2, 0) is 0 Å². The monoisotopic (exact) mass is 304 g/mol. The molecule has 2 N–H and O–H groups in total. The minimum atomic E-state index is 0.448. The van der Waals surface area contributed by atoms with Crippen LogP contribution in [0.25, 0.3) is 21.3 Å². The molecule has 102 valence electrons. The molecule has 2 heterocycles. The minimum absolute atomic E-state index is 0.448. The van der Waals surface area contributed by atoms with Gasteiger partial charge >= 0.3 is 0 Å². The summed E-state index contributed by atoms with van der Waals surface area (Å²) in [6, 6.07) is 7.88. The van der Waals surface area contributed by atoms with E-state index in [0.717, 1.165) is 27.0 Å². The highest BCUT2D eigenvalue weighted by Crippen LogP contribution is 2.35. The maximum atomic E-state index is 5.63. The van der Waals surface area contributed by atoms with Crippen molar-refractivity contribution in [1.29, 1.82) is 0 Å². The first-order valence-corrected chi connectivity index (χ1v) is 7.74. The highest BCUT2D eigenvalue weighted by molar-refractivity contribution is 7.19. The summed E-state index contributed by atoms with van der Waals surface area (Å²) in [5.41, 5.74) is 7.38. The van der Waals surface area contributed by atoms with Crippen LogP contribution in [-0.4, -0.2) is 21.8 Å².